The first-order chi connectivity index (χ1) is 7.72. The smallest absolute Gasteiger partial charge is 0.326 e. The van der Waals surface area contributed by atoms with Gasteiger partial charge in [0.25, 0.3) is 5.56 Å². The van der Waals surface area contributed by atoms with Gasteiger partial charge in [-0.1, -0.05) is 0 Å². The van der Waals surface area contributed by atoms with Gasteiger partial charge in [0, 0.05) is 30.1 Å². The van der Waals surface area contributed by atoms with E-state index in [9.17, 15) is 9.59 Å². The minimum absolute atomic E-state index is 0.162. The highest BCUT2D eigenvalue weighted by molar-refractivity contribution is 7.99. The Labute approximate surface area is 97.1 Å². The molecular weight excluding hydrogens is 226 g/mol. The molecule has 0 spiro atoms. The average Bonchev–Trinajstić information content (AvgIpc) is 2.30. The Morgan fingerprint density at radius 3 is 3.00 bits per heavy atom. The van der Waals surface area contributed by atoms with Gasteiger partial charge in [0.15, 0.2) is 0 Å². The van der Waals surface area contributed by atoms with Gasteiger partial charge >= 0.3 is 5.69 Å². The molecule has 0 aliphatic carbocycles. The molecule has 1 aromatic rings. The Bertz CT molecular complexity index is 474. The predicted molar refractivity (Wildman–Crippen MR) is 64.8 cm³/mol. The van der Waals surface area contributed by atoms with Gasteiger partial charge in [0.1, 0.15) is 0 Å². The van der Waals surface area contributed by atoms with Crippen molar-refractivity contribution in [3.63, 3.8) is 0 Å². The summed E-state index contributed by atoms with van der Waals surface area (Å²) in [6.45, 7) is 0.162. The molecule has 1 unspecified atom stereocenters. The Hall–Kier alpha value is -1.01. The van der Waals surface area contributed by atoms with Gasteiger partial charge in [-0.25, -0.2) is 4.79 Å². The van der Waals surface area contributed by atoms with Crippen molar-refractivity contribution in [3.8, 4) is 0 Å². The largest absolute Gasteiger partial charge is 0.328 e. The molecule has 1 saturated heterocycles. The van der Waals surface area contributed by atoms with E-state index in [1.807, 2.05) is 11.8 Å². The van der Waals surface area contributed by atoms with Crippen molar-refractivity contribution in [1.82, 2.24) is 9.55 Å². The third-order valence-electron chi connectivity index (χ3n) is 2.79. The van der Waals surface area contributed by atoms with Crippen molar-refractivity contribution < 1.29 is 0 Å². The van der Waals surface area contributed by atoms with Crippen molar-refractivity contribution in [2.24, 2.45) is 5.73 Å². The fourth-order valence-electron chi connectivity index (χ4n) is 1.89. The molecule has 16 heavy (non-hydrogen) atoms. The quantitative estimate of drug-likeness (QED) is 0.767. The van der Waals surface area contributed by atoms with Crippen molar-refractivity contribution >= 4 is 11.8 Å². The average molecular weight is 241 g/mol. The molecule has 2 heterocycles. The highest BCUT2D eigenvalue weighted by atomic mass is 32.2. The van der Waals surface area contributed by atoms with Crippen LogP contribution in [-0.2, 0) is 6.54 Å². The van der Waals surface area contributed by atoms with Crippen LogP contribution in [0.4, 0.5) is 0 Å². The fourth-order valence-corrected chi connectivity index (χ4v) is 3.02. The van der Waals surface area contributed by atoms with Crippen LogP contribution in [-0.4, -0.2) is 21.1 Å². The summed E-state index contributed by atoms with van der Waals surface area (Å²) < 4.78 is 1.62. The maximum atomic E-state index is 11.7. The van der Waals surface area contributed by atoms with Crippen molar-refractivity contribution in [2.75, 3.05) is 11.5 Å². The molecule has 0 bridgehead atoms. The van der Waals surface area contributed by atoms with Crippen LogP contribution in [0.25, 0.3) is 0 Å². The van der Waals surface area contributed by atoms with E-state index in [2.05, 4.69) is 4.98 Å². The SMILES string of the molecule is NCc1cn(C2CCCSC2)c(=O)[nH]c1=O. The minimum atomic E-state index is -0.368. The first kappa shape index (κ1) is 11.5. The molecule has 1 fully saturated rings. The molecule has 0 radical (unpaired) electrons. The van der Waals surface area contributed by atoms with Crippen molar-refractivity contribution in [2.45, 2.75) is 25.4 Å². The van der Waals surface area contributed by atoms with E-state index in [0.29, 0.717) is 5.56 Å². The lowest BCUT2D eigenvalue weighted by atomic mass is 10.2. The molecule has 3 N–H and O–H groups in total. The van der Waals surface area contributed by atoms with Crippen LogP contribution in [0.3, 0.4) is 0 Å². The summed E-state index contributed by atoms with van der Waals surface area (Å²) in [6, 6.07) is 0.188. The predicted octanol–water partition coefficient (Wildman–Crippen LogP) is 0.0634. The fraction of sp³-hybridized carbons (Fsp3) is 0.600. The third-order valence-corrected chi connectivity index (χ3v) is 3.99. The zero-order valence-electron chi connectivity index (χ0n) is 8.94. The van der Waals surface area contributed by atoms with Crippen molar-refractivity contribution in [1.29, 1.82) is 0 Å². The van der Waals surface area contributed by atoms with E-state index in [1.165, 1.54) is 0 Å². The normalized spacial score (nSPS) is 20.9. The topological polar surface area (TPSA) is 80.9 Å². The molecular formula is C10H15N3O2S. The molecule has 5 nitrogen and oxygen atoms in total. The summed E-state index contributed by atoms with van der Waals surface area (Å²) in [4.78, 5) is 25.3. The number of nitrogens with two attached hydrogens (primary N) is 1. The number of aromatic amines is 1. The Kier molecular flexibility index (Phi) is 3.50. The maximum Gasteiger partial charge on any atom is 0.328 e. The van der Waals surface area contributed by atoms with Crippen LogP contribution in [0.1, 0.15) is 24.4 Å². The summed E-state index contributed by atoms with van der Waals surface area (Å²) in [5.41, 5.74) is 5.23. The number of nitrogens with zero attached hydrogens (tertiary/aromatic N) is 1. The van der Waals surface area contributed by atoms with Gasteiger partial charge in [-0.05, 0) is 18.6 Å². The molecule has 0 aromatic carbocycles. The standard InChI is InChI=1S/C10H15N3O2S/c11-4-7-5-13(10(15)12-9(7)14)8-2-1-3-16-6-8/h5,8H,1-4,6,11H2,(H,12,14,15). The summed E-state index contributed by atoms with van der Waals surface area (Å²) in [5, 5.41) is 0. The summed E-state index contributed by atoms with van der Waals surface area (Å²) in [6.07, 6.45) is 3.71. The third kappa shape index (κ3) is 2.22. The van der Waals surface area contributed by atoms with Gasteiger partial charge in [0.05, 0.1) is 0 Å². The number of rotatable bonds is 2. The van der Waals surface area contributed by atoms with E-state index in [4.69, 9.17) is 5.73 Å². The van der Waals surface area contributed by atoms with Gasteiger partial charge in [-0.2, -0.15) is 11.8 Å². The lowest BCUT2D eigenvalue weighted by molar-refractivity contribution is 0.473. The maximum absolute atomic E-state index is 11.7. The lowest BCUT2D eigenvalue weighted by Crippen LogP contribution is -2.36. The first-order valence-electron chi connectivity index (χ1n) is 5.34. The molecule has 88 valence electrons. The number of nitrogens with one attached hydrogen (secondary N) is 1. The van der Waals surface area contributed by atoms with Gasteiger partial charge in [-0.15, -0.1) is 0 Å². The van der Waals surface area contributed by atoms with E-state index in [0.717, 1.165) is 24.3 Å². The van der Waals surface area contributed by atoms with Gasteiger partial charge in [0.2, 0.25) is 0 Å². The number of hydrogen-bond donors (Lipinski definition) is 2. The van der Waals surface area contributed by atoms with Crippen LogP contribution >= 0.6 is 11.8 Å². The molecule has 0 saturated carbocycles. The number of thioether (sulfide) groups is 1. The summed E-state index contributed by atoms with van der Waals surface area (Å²) >= 11 is 1.84. The second-order valence-electron chi connectivity index (χ2n) is 3.90. The molecule has 1 aliphatic rings. The number of hydrogen-bond acceptors (Lipinski definition) is 4. The van der Waals surface area contributed by atoms with Crippen LogP contribution in [0.15, 0.2) is 15.8 Å². The van der Waals surface area contributed by atoms with Crippen LogP contribution in [0.2, 0.25) is 0 Å². The Morgan fingerprint density at radius 1 is 1.56 bits per heavy atom. The molecule has 1 aliphatic heterocycles. The monoisotopic (exact) mass is 241 g/mol. The van der Waals surface area contributed by atoms with Crippen molar-refractivity contribution in [3.05, 3.63) is 32.6 Å². The molecule has 6 heteroatoms. The second-order valence-corrected chi connectivity index (χ2v) is 5.05. The molecule has 2 rings (SSSR count). The van der Waals surface area contributed by atoms with E-state index in [-0.39, 0.29) is 23.8 Å². The lowest BCUT2D eigenvalue weighted by Gasteiger charge is -2.23. The van der Waals surface area contributed by atoms with Gasteiger partial charge < -0.3 is 5.73 Å². The Morgan fingerprint density at radius 2 is 2.38 bits per heavy atom. The number of H-pyrrole nitrogens is 1. The summed E-state index contributed by atoms with van der Waals surface area (Å²) in [7, 11) is 0. The molecule has 0 amide bonds. The Balaban J connectivity index is 2.39. The highest BCUT2D eigenvalue weighted by Crippen LogP contribution is 2.25. The van der Waals surface area contributed by atoms with E-state index < -0.39 is 0 Å². The minimum Gasteiger partial charge on any atom is -0.326 e. The highest BCUT2D eigenvalue weighted by Gasteiger charge is 2.17. The van der Waals surface area contributed by atoms with Gasteiger partial charge in [-0.3, -0.25) is 14.3 Å². The number of aromatic nitrogens is 2. The zero-order valence-corrected chi connectivity index (χ0v) is 9.76. The first-order valence-corrected chi connectivity index (χ1v) is 6.50. The molecule has 1 aromatic heterocycles. The molecule has 1 atom stereocenters. The van der Waals surface area contributed by atoms with Crippen LogP contribution in [0, 0.1) is 0 Å². The summed E-state index contributed by atoms with van der Waals surface area (Å²) in [5.74, 6) is 2.08. The van der Waals surface area contributed by atoms with E-state index >= 15 is 0 Å². The second kappa shape index (κ2) is 4.88. The van der Waals surface area contributed by atoms with Crippen LogP contribution < -0.4 is 17.0 Å². The van der Waals surface area contributed by atoms with E-state index in [1.54, 1.807) is 10.8 Å². The zero-order chi connectivity index (χ0) is 11.5. The van der Waals surface area contributed by atoms with Crippen LogP contribution in [0.5, 0.6) is 0 Å².